The fourth-order valence-electron chi connectivity index (χ4n) is 3.25. The molecule has 124 valence electrons. The van der Waals surface area contributed by atoms with Crippen molar-refractivity contribution in [2.45, 2.75) is 46.4 Å². The summed E-state index contributed by atoms with van der Waals surface area (Å²) in [6, 6.07) is 4.04. The molecule has 0 unspecified atom stereocenters. The zero-order valence-electron chi connectivity index (χ0n) is 14.2. The first-order valence-electron chi connectivity index (χ1n) is 8.18. The summed E-state index contributed by atoms with van der Waals surface area (Å²) in [7, 11) is 0. The van der Waals surface area contributed by atoms with E-state index in [1.807, 2.05) is 6.92 Å². The lowest BCUT2D eigenvalue weighted by Gasteiger charge is -2.29. The van der Waals surface area contributed by atoms with Gasteiger partial charge in [0.1, 0.15) is 6.04 Å². The molecule has 1 aromatic heterocycles. The van der Waals surface area contributed by atoms with Crippen LogP contribution in [-0.2, 0) is 16.1 Å². The van der Waals surface area contributed by atoms with Gasteiger partial charge < -0.3 is 20.4 Å². The maximum absolute atomic E-state index is 12.4. The van der Waals surface area contributed by atoms with Crippen LogP contribution in [0.3, 0.4) is 0 Å². The van der Waals surface area contributed by atoms with Crippen molar-refractivity contribution in [2.24, 2.45) is 0 Å². The Labute approximate surface area is 136 Å². The van der Waals surface area contributed by atoms with Crippen LogP contribution in [0.2, 0.25) is 0 Å². The van der Waals surface area contributed by atoms with Crippen molar-refractivity contribution in [3.05, 3.63) is 34.5 Å². The van der Waals surface area contributed by atoms with Crippen molar-refractivity contribution in [1.29, 1.82) is 0 Å². The molecule has 1 aliphatic heterocycles. The van der Waals surface area contributed by atoms with Crippen molar-refractivity contribution in [3.8, 4) is 0 Å². The summed E-state index contributed by atoms with van der Waals surface area (Å²) in [5.41, 5.74) is 5.89. The van der Waals surface area contributed by atoms with E-state index in [-0.39, 0.29) is 18.1 Å². The summed E-state index contributed by atoms with van der Waals surface area (Å²) >= 11 is 0. The molecule has 1 fully saturated rings. The second kappa shape index (κ2) is 6.34. The molecule has 1 aromatic carbocycles. The number of carbonyl (C=O) groups is 1. The Morgan fingerprint density at radius 2 is 2.13 bits per heavy atom. The van der Waals surface area contributed by atoms with Gasteiger partial charge in [-0.05, 0) is 44.9 Å². The second-order valence-corrected chi connectivity index (χ2v) is 6.45. The Hall–Kier alpha value is -1.85. The van der Waals surface area contributed by atoms with Crippen LogP contribution in [0.5, 0.6) is 0 Å². The SMILES string of the molecule is Cc1cc(CNC(=O)[C@H]2NCCO[C@@H]2C)c2[nH]c(C)c(C)c2c1. The van der Waals surface area contributed by atoms with Gasteiger partial charge in [-0.2, -0.15) is 0 Å². The molecule has 0 radical (unpaired) electrons. The Kier molecular flexibility index (Phi) is 4.41. The van der Waals surface area contributed by atoms with E-state index in [9.17, 15) is 4.79 Å². The lowest BCUT2D eigenvalue weighted by molar-refractivity contribution is -0.129. The maximum atomic E-state index is 12.4. The molecule has 1 amide bonds. The van der Waals surface area contributed by atoms with Crippen LogP contribution in [0.1, 0.15) is 29.3 Å². The van der Waals surface area contributed by atoms with E-state index in [1.54, 1.807) is 0 Å². The topological polar surface area (TPSA) is 66.2 Å². The van der Waals surface area contributed by atoms with E-state index >= 15 is 0 Å². The number of nitrogens with one attached hydrogen (secondary N) is 3. The summed E-state index contributed by atoms with van der Waals surface area (Å²) in [6.07, 6.45) is -0.101. The minimum atomic E-state index is -0.281. The number of aryl methyl sites for hydroxylation is 3. The molecule has 23 heavy (non-hydrogen) atoms. The quantitative estimate of drug-likeness (QED) is 0.812. The Morgan fingerprint density at radius 1 is 1.35 bits per heavy atom. The highest BCUT2D eigenvalue weighted by molar-refractivity contribution is 5.88. The summed E-state index contributed by atoms with van der Waals surface area (Å²) in [5, 5.41) is 7.50. The van der Waals surface area contributed by atoms with Crippen LogP contribution in [0.25, 0.3) is 10.9 Å². The third kappa shape index (κ3) is 3.12. The normalized spacial score (nSPS) is 21.6. The number of morpholine rings is 1. The van der Waals surface area contributed by atoms with Crippen molar-refractivity contribution in [1.82, 2.24) is 15.6 Å². The average molecular weight is 315 g/mol. The van der Waals surface area contributed by atoms with Gasteiger partial charge in [0, 0.05) is 24.2 Å². The number of fused-ring (bicyclic) bond motifs is 1. The Morgan fingerprint density at radius 3 is 2.87 bits per heavy atom. The molecule has 2 aromatic rings. The Bertz CT molecular complexity index is 735. The van der Waals surface area contributed by atoms with Crippen molar-refractivity contribution in [3.63, 3.8) is 0 Å². The Balaban J connectivity index is 1.79. The summed E-state index contributed by atoms with van der Waals surface area (Å²) in [6.45, 7) is 10.1. The number of benzene rings is 1. The maximum Gasteiger partial charge on any atom is 0.240 e. The third-order valence-corrected chi connectivity index (χ3v) is 4.70. The molecule has 2 heterocycles. The minimum Gasteiger partial charge on any atom is -0.375 e. The smallest absolute Gasteiger partial charge is 0.240 e. The summed E-state index contributed by atoms with van der Waals surface area (Å²) in [5.74, 6) is -0.00754. The highest BCUT2D eigenvalue weighted by Crippen LogP contribution is 2.26. The number of rotatable bonds is 3. The highest BCUT2D eigenvalue weighted by atomic mass is 16.5. The first-order valence-corrected chi connectivity index (χ1v) is 8.18. The number of ether oxygens (including phenoxy) is 1. The van der Waals surface area contributed by atoms with Crippen LogP contribution < -0.4 is 10.6 Å². The fraction of sp³-hybridized carbons (Fsp3) is 0.500. The number of H-pyrrole nitrogens is 1. The largest absolute Gasteiger partial charge is 0.375 e. The molecular weight excluding hydrogens is 290 g/mol. The van der Waals surface area contributed by atoms with Gasteiger partial charge in [0.05, 0.1) is 18.2 Å². The van der Waals surface area contributed by atoms with E-state index < -0.39 is 0 Å². The molecule has 0 spiro atoms. The van der Waals surface area contributed by atoms with Gasteiger partial charge in [0.2, 0.25) is 5.91 Å². The molecule has 0 aliphatic carbocycles. The van der Waals surface area contributed by atoms with Gasteiger partial charge in [-0.25, -0.2) is 0 Å². The van der Waals surface area contributed by atoms with Crippen LogP contribution in [-0.4, -0.2) is 36.2 Å². The molecule has 5 nitrogen and oxygen atoms in total. The van der Waals surface area contributed by atoms with Crippen molar-refractivity contribution >= 4 is 16.8 Å². The van der Waals surface area contributed by atoms with E-state index in [0.717, 1.165) is 11.1 Å². The van der Waals surface area contributed by atoms with Gasteiger partial charge in [-0.3, -0.25) is 4.79 Å². The van der Waals surface area contributed by atoms with Crippen LogP contribution in [0, 0.1) is 20.8 Å². The predicted octanol–water partition coefficient (Wildman–Crippen LogP) is 2.09. The molecule has 3 rings (SSSR count). The monoisotopic (exact) mass is 315 g/mol. The highest BCUT2D eigenvalue weighted by Gasteiger charge is 2.28. The van der Waals surface area contributed by atoms with Crippen LogP contribution >= 0.6 is 0 Å². The lowest BCUT2D eigenvalue weighted by atomic mass is 10.0. The molecule has 5 heteroatoms. The first-order chi connectivity index (χ1) is 11.0. The van der Waals surface area contributed by atoms with Gasteiger partial charge in [-0.1, -0.05) is 11.6 Å². The number of hydrogen-bond donors (Lipinski definition) is 3. The number of hydrogen-bond acceptors (Lipinski definition) is 3. The summed E-state index contributed by atoms with van der Waals surface area (Å²) in [4.78, 5) is 15.9. The van der Waals surface area contributed by atoms with E-state index in [1.165, 1.54) is 22.2 Å². The van der Waals surface area contributed by atoms with Crippen LogP contribution in [0.15, 0.2) is 12.1 Å². The molecule has 1 aliphatic rings. The minimum absolute atomic E-state index is 0.00754. The number of amides is 1. The lowest BCUT2D eigenvalue weighted by Crippen LogP contribution is -2.55. The zero-order chi connectivity index (χ0) is 16.6. The molecule has 2 atom stereocenters. The van der Waals surface area contributed by atoms with E-state index in [0.29, 0.717) is 19.7 Å². The van der Waals surface area contributed by atoms with Crippen molar-refractivity contribution in [2.75, 3.05) is 13.2 Å². The first kappa shape index (κ1) is 16.0. The molecule has 0 bridgehead atoms. The van der Waals surface area contributed by atoms with Gasteiger partial charge in [0.15, 0.2) is 0 Å². The second-order valence-electron chi connectivity index (χ2n) is 6.45. The molecular formula is C18H25N3O2. The summed E-state index contributed by atoms with van der Waals surface area (Å²) < 4.78 is 5.54. The number of carbonyl (C=O) groups excluding carboxylic acids is 1. The van der Waals surface area contributed by atoms with Gasteiger partial charge in [0.25, 0.3) is 0 Å². The molecule has 0 saturated carbocycles. The number of aromatic nitrogens is 1. The fourth-order valence-corrected chi connectivity index (χ4v) is 3.25. The van der Waals surface area contributed by atoms with E-state index in [2.05, 4.69) is 48.5 Å². The predicted molar refractivity (Wildman–Crippen MR) is 91.6 cm³/mol. The van der Waals surface area contributed by atoms with E-state index in [4.69, 9.17) is 4.74 Å². The van der Waals surface area contributed by atoms with Crippen molar-refractivity contribution < 1.29 is 9.53 Å². The van der Waals surface area contributed by atoms with Crippen LogP contribution in [0.4, 0.5) is 0 Å². The van der Waals surface area contributed by atoms with Gasteiger partial charge in [-0.15, -0.1) is 0 Å². The molecule has 3 N–H and O–H groups in total. The van der Waals surface area contributed by atoms with Gasteiger partial charge >= 0.3 is 0 Å². The molecule has 1 saturated heterocycles. The third-order valence-electron chi connectivity index (χ3n) is 4.70. The standard InChI is InChI=1S/C18H25N3O2/c1-10-7-14(17-15(8-10)11(2)12(3)21-17)9-20-18(22)16-13(4)23-6-5-19-16/h7-8,13,16,19,21H,5-6,9H2,1-4H3,(H,20,22)/t13-,16+/m1/s1. The number of aromatic amines is 1. The zero-order valence-corrected chi connectivity index (χ0v) is 14.2. The average Bonchev–Trinajstić information content (AvgIpc) is 2.81.